The summed E-state index contributed by atoms with van der Waals surface area (Å²) in [6.07, 6.45) is 7.48. The number of hydrogen-bond donors (Lipinski definition) is 0. The largest absolute Gasteiger partial charge is 0.458 e. The van der Waals surface area contributed by atoms with Gasteiger partial charge in [-0.2, -0.15) is 0 Å². The Hall–Kier alpha value is -0.790. The normalized spacial score (nSPS) is 41.8. The zero-order chi connectivity index (χ0) is 11.7. The second kappa shape index (κ2) is 4.60. The Morgan fingerprint density at radius 2 is 1.94 bits per heavy atom. The van der Waals surface area contributed by atoms with Crippen LogP contribution in [0.2, 0.25) is 0 Å². The van der Waals surface area contributed by atoms with Crippen molar-refractivity contribution in [3.63, 3.8) is 0 Å². The smallest absolute Gasteiger partial charge is 0.306 e. The minimum Gasteiger partial charge on any atom is -0.458 e. The molecule has 1 fully saturated rings. The van der Waals surface area contributed by atoms with Gasteiger partial charge in [0, 0.05) is 12.3 Å². The fraction of sp³-hybridized carbons (Fsp3) is 0.786. The van der Waals surface area contributed by atoms with E-state index >= 15 is 0 Å². The number of ether oxygens (including phenoxy) is 1. The minimum absolute atomic E-state index is 0.0372. The summed E-state index contributed by atoms with van der Waals surface area (Å²) in [7, 11) is 0. The van der Waals surface area contributed by atoms with E-state index < -0.39 is 0 Å². The lowest BCUT2D eigenvalue weighted by Crippen LogP contribution is -2.36. The van der Waals surface area contributed by atoms with Crippen LogP contribution in [0.4, 0.5) is 0 Å². The summed E-state index contributed by atoms with van der Waals surface area (Å²) in [5.41, 5.74) is 0. The van der Waals surface area contributed by atoms with Crippen LogP contribution in [-0.4, -0.2) is 12.1 Å². The molecule has 0 aliphatic heterocycles. The van der Waals surface area contributed by atoms with Gasteiger partial charge in [0.25, 0.3) is 0 Å². The molecule has 2 rings (SSSR count). The predicted molar refractivity (Wildman–Crippen MR) is 63.9 cm³/mol. The van der Waals surface area contributed by atoms with Gasteiger partial charge in [-0.1, -0.05) is 26.8 Å². The third-order valence-electron chi connectivity index (χ3n) is 4.29. The number of allylic oxidation sites excluding steroid dienone is 1. The summed E-state index contributed by atoms with van der Waals surface area (Å²) in [6, 6.07) is 0. The first-order valence-corrected chi connectivity index (χ1v) is 6.51. The number of carbonyl (C=O) groups excluding carboxylic acids is 1. The zero-order valence-corrected chi connectivity index (χ0v) is 10.5. The monoisotopic (exact) mass is 222 g/mol. The van der Waals surface area contributed by atoms with Gasteiger partial charge in [0.05, 0.1) is 0 Å². The summed E-state index contributed by atoms with van der Waals surface area (Å²) in [5.74, 6) is 2.49. The van der Waals surface area contributed by atoms with E-state index in [0.717, 1.165) is 5.92 Å². The van der Waals surface area contributed by atoms with Gasteiger partial charge in [0.15, 0.2) is 0 Å². The first kappa shape index (κ1) is 11.7. The molecule has 5 atom stereocenters. The van der Waals surface area contributed by atoms with E-state index in [1.54, 1.807) is 0 Å². The number of hydrogen-bond acceptors (Lipinski definition) is 2. The molecule has 0 bridgehead atoms. The highest BCUT2D eigenvalue weighted by Crippen LogP contribution is 2.45. The van der Waals surface area contributed by atoms with E-state index in [1.807, 2.05) is 6.92 Å². The van der Waals surface area contributed by atoms with E-state index in [1.165, 1.54) is 12.8 Å². The van der Waals surface area contributed by atoms with Crippen LogP contribution >= 0.6 is 0 Å². The fourth-order valence-electron chi connectivity index (χ4n) is 3.25. The van der Waals surface area contributed by atoms with E-state index in [-0.39, 0.29) is 12.1 Å². The Kier molecular flexibility index (Phi) is 3.36. The molecule has 90 valence electrons. The Morgan fingerprint density at radius 1 is 1.25 bits per heavy atom. The maximum atomic E-state index is 11.4. The molecule has 0 heterocycles. The first-order valence-electron chi connectivity index (χ1n) is 6.51. The molecule has 2 nitrogen and oxygen atoms in total. The highest BCUT2D eigenvalue weighted by atomic mass is 16.5. The van der Waals surface area contributed by atoms with E-state index in [2.05, 4.69) is 26.0 Å². The van der Waals surface area contributed by atoms with Gasteiger partial charge in [-0.05, 0) is 36.7 Å². The van der Waals surface area contributed by atoms with Crippen LogP contribution in [0.15, 0.2) is 12.2 Å². The van der Waals surface area contributed by atoms with Crippen molar-refractivity contribution < 1.29 is 9.53 Å². The quantitative estimate of drug-likeness (QED) is 0.530. The van der Waals surface area contributed by atoms with Crippen LogP contribution in [0.3, 0.4) is 0 Å². The standard InChI is InChI=1S/C14H22O2/c1-4-13(15)16-12-8-7-11-9(2)5-6-10(3)14(11)12/h7-12,14H,4-6H2,1-3H3. The molecular weight excluding hydrogens is 200 g/mol. The second-order valence-corrected chi connectivity index (χ2v) is 5.38. The van der Waals surface area contributed by atoms with Crippen molar-refractivity contribution >= 4 is 5.97 Å². The van der Waals surface area contributed by atoms with Gasteiger partial charge in [-0.25, -0.2) is 0 Å². The summed E-state index contributed by atoms with van der Waals surface area (Å²) in [6.45, 7) is 6.46. The van der Waals surface area contributed by atoms with E-state index in [4.69, 9.17) is 4.74 Å². The number of esters is 1. The average molecular weight is 222 g/mol. The van der Waals surface area contributed by atoms with Crippen LogP contribution < -0.4 is 0 Å². The molecule has 2 aliphatic rings. The lowest BCUT2D eigenvalue weighted by atomic mass is 9.68. The zero-order valence-electron chi connectivity index (χ0n) is 10.5. The fourth-order valence-corrected chi connectivity index (χ4v) is 3.25. The first-order chi connectivity index (χ1) is 7.63. The molecule has 2 aliphatic carbocycles. The Morgan fingerprint density at radius 3 is 2.62 bits per heavy atom. The lowest BCUT2D eigenvalue weighted by molar-refractivity contribution is -0.150. The minimum atomic E-state index is -0.0688. The van der Waals surface area contributed by atoms with Gasteiger partial charge in [-0.3, -0.25) is 4.79 Å². The van der Waals surface area contributed by atoms with Crippen LogP contribution in [0.25, 0.3) is 0 Å². The molecule has 0 N–H and O–H groups in total. The molecule has 0 amide bonds. The average Bonchev–Trinajstić information content (AvgIpc) is 2.68. The Labute approximate surface area is 98.1 Å². The summed E-state index contributed by atoms with van der Waals surface area (Å²) < 4.78 is 5.52. The highest BCUT2D eigenvalue weighted by Gasteiger charge is 2.42. The molecular formula is C14H22O2. The summed E-state index contributed by atoms with van der Waals surface area (Å²) in [5, 5.41) is 0. The van der Waals surface area contributed by atoms with E-state index in [9.17, 15) is 4.79 Å². The van der Waals surface area contributed by atoms with E-state index in [0.29, 0.717) is 24.2 Å². The third-order valence-corrected chi connectivity index (χ3v) is 4.29. The molecule has 0 saturated heterocycles. The van der Waals surface area contributed by atoms with Crippen molar-refractivity contribution in [3.05, 3.63) is 12.2 Å². The second-order valence-electron chi connectivity index (χ2n) is 5.38. The molecule has 0 spiro atoms. The maximum Gasteiger partial charge on any atom is 0.306 e. The topological polar surface area (TPSA) is 26.3 Å². The molecule has 1 saturated carbocycles. The van der Waals surface area contributed by atoms with Gasteiger partial charge < -0.3 is 4.74 Å². The van der Waals surface area contributed by atoms with Crippen LogP contribution in [0.5, 0.6) is 0 Å². The predicted octanol–water partition coefficient (Wildman–Crippen LogP) is 3.18. The number of carbonyl (C=O) groups is 1. The highest BCUT2D eigenvalue weighted by molar-refractivity contribution is 5.69. The molecule has 0 radical (unpaired) electrons. The van der Waals surface area contributed by atoms with Crippen LogP contribution in [0, 0.1) is 23.7 Å². The maximum absolute atomic E-state index is 11.4. The van der Waals surface area contributed by atoms with Crippen molar-refractivity contribution in [2.24, 2.45) is 23.7 Å². The third kappa shape index (κ3) is 2.02. The van der Waals surface area contributed by atoms with Crippen molar-refractivity contribution in [3.8, 4) is 0 Å². The van der Waals surface area contributed by atoms with Crippen molar-refractivity contribution in [2.75, 3.05) is 0 Å². The van der Waals surface area contributed by atoms with Crippen LogP contribution in [0.1, 0.15) is 40.0 Å². The number of fused-ring (bicyclic) bond motifs is 1. The summed E-state index contributed by atoms with van der Waals surface area (Å²) in [4.78, 5) is 11.4. The van der Waals surface area contributed by atoms with Crippen molar-refractivity contribution in [1.29, 1.82) is 0 Å². The number of rotatable bonds is 2. The SMILES string of the molecule is CCC(=O)OC1C=CC2C(C)CCC(C)C12. The molecule has 0 aromatic rings. The van der Waals surface area contributed by atoms with Gasteiger partial charge in [0.1, 0.15) is 6.10 Å². The Bertz CT molecular complexity index is 295. The molecule has 0 aromatic heterocycles. The summed E-state index contributed by atoms with van der Waals surface area (Å²) >= 11 is 0. The van der Waals surface area contributed by atoms with Gasteiger partial charge in [0.2, 0.25) is 0 Å². The molecule has 5 unspecified atom stereocenters. The lowest BCUT2D eigenvalue weighted by Gasteiger charge is -2.38. The molecule has 2 heteroatoms. The van der Waals surface area contributed by atoms with Crippen molar-refractivity contribution in [2.45, 2.75) is 46.1 Å². The van der Waals surface area contributed by atoms with Crippen LogP contribution in [-0.2, 0) is 9.53 Å². The molecule has 0 aromatic carbocycles. The van der Waals surface area contributed by atoms with Crippen molar-refractivity contribution in [1.82, 2.24) is 0 Å². The van der Waals surface area contributed by atoms with Gasteiger partial charge >= 0.3 is 5.97 Å². The molecule has 16 heavy (non-hydrogen) atoms. The Balaban J connectivity index is 2.06. The van der Waals surface area contributed by atoms with Gasteiger partial charge in [-0.15, -0.1) is 0 Å².